The molecule has 2 aliphatic heterocycles. The van der Waals surface area contributed by atoms with E-state index in [0.29, 0.717) is 17.1 Å². The fraction of sp³-hybridized carbons (Fsp3) is 0.360. The van der Waals surface area contributed by atoms with E-state index < -0.39 is 5.97 Å². The van der Waals surface area contributed by atoms with E-state index in [1.807, 2.05) is 0 Å². The summed E-state index contributed by atoms with van der Waals surface area (Å²) in [5.74, 6) is -0.203. The summed E-state index contributed by atoms with van der Waals surface area (Å²) in [6.07, 6.45) is 4.69. The van der Waals surface area contributed by atoms with Crippen LogP contribution in [0.1, 0.15) is 47.2 Å². The summed E-state index contributed by atoms with van der Waals surface area (Å²) in [6, 6.07) is 13.7. The van der Waals surface area contributed by atoms with Crippen LogP contribution in [0.3, 0.4) is 0 Å². The van der Waals surface area contributed by atoms with Crippen molar-refractivity contribution < 1.29 is 14.3 Å². The van der Waals surface area contributed by atoms with Crippen molar-refractivity contribution in [3.05, 3.63) is 64.9 Å². The van der Waals surface area contributed by atoms with Crippen molar-refractivity contribution in [1.29, 1.82) is 0 Å². The summed E-state index contributed by atoms with van der Waals surface area (Å²) in [5, 5.41) is 6.46. The molecule has 2 aromatic carbocycles. The number of likely N-dealkylation sites (tertiary alicyclic amines) is 1. The molecule has 1 saturated carbocycles. The Balaban J connectivity index is 1.43. The molecular weight excluding hydrogens is 390 g/mol. The molecule has 0 bridgehead atoms. The summed E-state index contributed by atoms with van der Waals surface area (Å²) in [7, 11) is 1.36. The Kier molecular flexibility index (Phi) is 5.24. The van der Waals surface area contributed by atoms with Gasteiger partial charge in [-0.25, -0.2) is 4.79 Å². The second kappa shape index (κ2) is 8.19. The average molecular weight is 418 g/mol. The lowest BCUT2D eigenvalue weighted by molar-refractivity contribution is -0.110. The van der Waals surface area contributed by atoms with E-state index >= 15 is 0 Å². The summed E-state index contributed by atoms with van der Waals surface area (Å²) in [5.41, 5.74) is 5.78. The number of esters is 1. The van der Waals surface area contributed by atoms with Gasteiger partial charge in [0.2, 0.25) is 0 Å². The zero-order valence-corrected chi connectivity index (χ0v) is 17.7. The minimum atomic E-state index is -0.406. The van der Waals surface area contributed by atoms with Crippen LogP contribution in [-0.2, 0) is 16.1 Å². The van der Waals surface area contributed by atoms with Crippen LogP contribution in [0.2, 0.25) is 0 Å². The number of fused-ring (bicyclic) bond motifs is 1. The fourth-order valence-corrected chi connectivity index (χ4v) is 4.47. The molecule has 0 unspecified atom stereocenters. The van der Waals surface area contributed by atoms with Crippen molar-refractivity contribution in [2.75, 3.05) is 30.8 Å². The molecule has 1 aliphatic carbocycles. The number of rotatable bonds is 6. The van der Waals surface area contributed by atoms with Crippen molar-refractivity contribution in [2.24, 2.45) is 5.92 Å². The summed E-state index contributed by atoms with van der Waals surface area (Å²) >= 11 is 0. The topological polar surface area (TPSA) is 70.7 Å². The van der Waals surface area contributed by atoms with Crippen LogP contribution in [0.5, 0.6) is 0 Å². The van der Waals surface area contributed by atoms with Gasteiger partial charge in [-0.05, 0) is 80.6 Å². The van der Waals surface area contributed by atoms with Crippen LogP contribution in [0, 0.1) is 5.92 Å². The van der Waals surface area contributed by atoms with E-state index in [1.54, 1.807) is 18.2 Å². The number of amides is 1. The highest BCUT2D eigenvalue weighted by Crippen LogP contribution is 2.44. The van der Waals surface area contributed by atoms with Gasteiger partial charge in [0.25, 0.3) is 5.91 Å². The number of benzene rings is 2. The Morgan fingerprint density at radius 1 is 1.13 bits per heavy atom. The SMILES string of the molecule is COC(=O)c1ccc2c(c1)/C(=C(/Nc1ccc(CN3CCCC3)cc1)C1CC1)C(=O)N2. The molecular formula is C25H27N3O3. The first kappa shape index (κ1) is 19.8. The molecule has 2 heterocycles. The number of anilines is 2. The summed E-state index contributed by atoms with van der Waals surface area (Å²) in [6.45, 7) is 3.35. The molecule has 31 heavy (non-hydrogen) atoms. The van der Waals surface area contributed by atoms with Gasteiger partial charge in [-0.3, -0.25) is 9.69 Å². The lowest BCUT2D eigenvalue weighted by atomic mass is 10.00. The number of carbonyl (C=O) groups excluding carboxylic acids is 2. The minimum Gasteiger partial charge on any atom is -0.465 e. The van der Waals surface area contributed by atoms with Crippen LogP contribution in [0.25, 0.3) is 5.57 Å². The third kappa shape index (κ3) is 4.08. The fourth-order valence-electron chi connectivity index (χ4n) is 4.47. The first-order valence-corrected chi connectivity index (χ1v) is 11.0. The molecule has 0 aromatic heterocycles. The standard InChI is InChI=1S/C25H27N3O3/c1-31-25(30)18-8-11-21-20(14-18)22(24(29)27-21)23(17-6-7-17)26-19-9-4-16(5-10-19)15-28-12-2-3-13-28/h4-5,8-11,14,17,26H,2-3,6-7,12-13,15H2,1H3,(H,27,29)/b23-22-. The van der Waals surface area contributed by atoms with Crippen LogP contribution in [-0.4, -0.2) is 37.0 Å². The zero-order valence-electron chi connectivity index (χ0n) is 17.7. The number of hydrogen-bond acceptors (Lipinski definition) is 5. The second-order valence-electron chi connectivity index (χ2n) is 8.57. The third-order valence-corrected chi connectivity index (χ3v) is 6.28. The molecule has 0 radical (unpaired) electrons. The first-order valence-electron chi connectivity index (χ1n) is 11.0. The van der Waals surface area contributed by atoms with Crippen molar-refractivity contribution >= 4 is 28.8 Å². The molecule has 2 aromatic rings. The average Bonchev–Trinajstić information content (AvgIpc) is 3.40. The molecule has 2 N–H and O–H groups in total. The predicted molar refractivity (Wildman–Crippen MR) is 121 cm³/mol. The maximum atomic E-state index is 12.9. The van der Waals surface area contributed by atoms with Gasteiger partial charge in [0.15, 0.2) is 0 Å². The maximum Gasteiger partial charge on any atom is 0.337 e. The molecule has 3 aliphatic rings. The highest BCUT2D eigenvalue weighted by Gasteiger charge is 2.35. The summed E-state index contributed by atoms with van der Waals surface area (Å²) < 4.78 is 4.85. The van der Waals surface area contributed by atoms with Crippen molar-refractivity contribution in [1.82, 2.24) is 4.90 Å². The lowest BCUT2D eigenvalue weighted by Crippen LogP contribution is -2.18. The minimum absolute atomic E-state index is 0.128. The highest BCUT2D eigenvalue weighted by atomic mass is 16.5. The molecule has 5 rings (SSSR count). The van der Waals surface area contributed by atoms with E-state index in [0.717, 1.165) is 42.0 Å². The number of nitrogens with zero attached hydrogens (tertiary/aromatic N) is 1. The quantitative estimate of drug-likeness (QED) is 0.543. The maximum absolute atomic E-state index is 12.9. The highest BCUT2D eigenvalue weighted by molar-refractivity contribution is 6.32. The Bertz CT molecular complexity index is 1050. The van der Waals surface area contributed by atoms with E-state index in [2.05, 4.69) is 39.8 Å². The Morgan fingerprint density at radius 2 is 1.87 bits per heavy atom. The number of hydrogen-bond donors (Lipinski definition) is 2. The molecule has 2 fully saturated rings. The number of methoxy groups -OCH3 is 1. The van der Waals surface area contributed by atoms with E-state index in [9.17, 15) is 9.59 Å². The number of ether oxygens (including phenoxy) is 1. The molecule has 6 nitrogen and oxygen atoms in total. The van der Waals surface area contributed by atoms with Gasteiger partial charge in [0, 0.05) is 29.2 Å². The Labute approximate surface area is 182 Å². The molecule has 6 heteroatoms. The molecule has 0 atom stereocenters. The summed E-state index contributed by atoms with van der Waals surface area (Å²) in [4.78, 5) is 27.3. The van der Waals surface area contributed by atoms with Gasteiger partial charge in [-0.15, -0.1) is 0 Å². The van der Waals surface area contributed by atoms with Gasteiger partial charge in [-0.2, -0.15) is 0 Å². The van der Waals surface area contributed by atoms with E-state index in [4.69, 9.17) is 4.74 Å². The Hall–Kier alpha value is -3.12. The van der Waals surface area contributed by atoms with Crippen molar-refractivity contribution in [3.63, 3.8) is 0 Å². The number of allylic oxidation sites excluding steroid dienone is 1. The monoisotopic (exact) mass is 417 g/mol. The Morgan fingerprint density at radius 3 is 2.55 bits per heavy atom. The largest absolute Gasteiger partial charge is 0.465 e. The van der Waals surface area contributed by atoms with Gasteiger partial charge in [0.05, 0.1) is 18.2 Å². The van der Waals surface area contributed by atoms with Crippen molar-refractivity contribution in [3.8, 4) is 0 Å². The second-order valence-corrected chi connectivity index (χ2v) is 8.57. The van der Waals surface area contributed by atoms with Crippen LogP contribution in [0.4, 0.5) is 11.4 Å². The molecule has 0 spiro atoms. The zero-order chi connectivity index (χ0) is 21.4. The number of nitrogens with one attached hydrogen (secondary N) is 2. The lowest BCUT2D eigenvalue weighted by Gasteiger charge is -2.16. The smallest absolute Gasteiger partial charge is 0.337 e. The van der Waals surface area contributed by atoms with E-state index in [1.165, 1.54) is 38.6 Å². The predicted octanol–water partition coefficient (Wildman–Crippen LogP) is 4.25. The first-order chi connectivity index (χ1) is 15.1. The van der Waals surface area contributed by atoms with E-state index in [-0.39, 0.29) is 5.91 Å². The van der Waals surface area contributed by atoms with Gasteiger partial charge < -0.3 is 15.4 Å². The van der Waals surface area contributed by atoms with Gasteiger partial charge >= 0.3 is 5.97 Å². The normalized spacial score (nSPS) is 19.7. The van der Waals surface area contributed by atoms with Gasteiger partial charge in [-0.1, -0.05) is 12.1 Å². The molecule has 160 valence electrons. The van der Waals surface area contributed by atoms with Crippen molar-refractivity contribution in [2.45, 2.75) is 32.2 Å². The van der Waals surface area contributed by atoms with Crippen LogP contribution < -0.4 is 10.6 Å². The third-order valence-electron chi connectivity index (χ3n) is 6.28. The number of carbonyl (C=O) groups is 2. The van der Waals surface area contributed by atoms with Gasteiger partial charge in [0.1, 0.15) is 0 Å². The van der Waals surface area contributed by atoms with Crippen LogP contribution >= 0.6 is 0 Å². The molecule has 1 amide bonds. The molecule has 1 saturated heterocycles. The van der Waals surface area contributed by atoms with Crippen LogP contribution in [0.15, 0.2) is 48.2 Å².